The standard InChI is InChI=1S/C14H12F3N3O3S2/c1-8-6-24-13(18-8)25-11-4-3-9(5-10(11)20(22)23)12(21)19(2)7-14(15,16)17/h3-6H,7H2,1-2H3. The molecule has 0 bridgehead atoms. The van der Waals surface area contributed by atoms with E-state index in [1.54, 1.807) is 12.3 Å². The predicted octanol–water partition coefficient (Wildman–Crippen LogP) is 4.15. The maximum atomic E-state index is 12.4. The van der Waals surface area contributed by atoms with E-state index in [1.165, 1.54) is 23.5 Å². The summed E-state index contributed by atoms with van der Waals surface area (Å²) in [5.74, 6) is -0.943. The number of nitrogens with zero attached hydrogens (tertiary/aromatic N) is 3. The molecule has 0 spiro atoms. The van der Waals surface area contributed by atoms with E-state index >= 15 is 0 Å². The molecule has 0 saturated carbocycles. The molecule has 25 heavy (non-hydrogen) atoms. The van der Waals surface area contributed by atoms with Gasteiger partial charge in [-0.15, -0.1) is 11.3 Å². The molecule has 0 radical (unpaired) electrons. The number of nitro groups is 1. The van der Waals surface area contributed by atoms with Crippen LogP contribution in [0.5, 0.6) is 0 Å². The number of benzene rings is 1. The number of amides is 1. The Bertz CT molecular complexity index is 808. The Morgan fingerprint density at radius 3 is 2.64 bits per heavy atom. The van der Waals surface area contributed by atoms with Gasteiger partial charge in [-0.3, -0.25) is 14.9 Å². The highest BCUT2D eigenvalue weighted by Crippen LogP contribution is 2.37. The number of nitro benzene ring substituents is 1. The van der Waals surface area contributed by atoms with Crippen molar-refractivity contribution in [3.8, 4) is 0 Å². The first-order chi connectivity index (χ1) is 11.6. The smallest absolute Gasteiger partial charge is 0.333 e. The molecule has 0 atom stereocenters. The second-order valence-electron chi connectivity index (χ2n) is 5.07. The summed E-state index contributed by atoms with van der Waals surface area (Å²) in [5.41, 5.74) is 0.234. The summed E-state index contributed by atoms with van der Waals surface area (Å²) in [4.78, 5) is 27.6. The number of thiazole rings is 1. The van der Waals surface area contributed by atoms with Gasteiger partial charge in [0.2, 0.25) is 0 Å². The lowest BCUT2D eigenvalue weighted by molar-refractivity contribution is -0.387. The summed E-state index contributed by atoms with van der Waals surface area (Å²) >= 11 is 2.38. The maximum absolute atomic E-state index is 12.4. The molecule has 1 aromatic heterocycles. The van der Waals surface area contributed by atoms with Crippen LogP contribution in [0.3, 0.4) is 0 Å². The summed E-state index contributed by atoms with van der Waals surface area (Å²) in [6.45, 7) is 0.349. The summed E-state index contributed by atoms with van der Waals surface area (Å²) in [6, 6.07) is 3.59. The van der Waals surface area contributed by atoms with Gasteiger partial charge in [-0.05, 0) is 19.1 Å². The SMILES string of the molecule is Cc1csc(Sc2ccc(C(=O)N(C)CC(F)(F)F)cc2[N+](=O)[O-])n1. The molecule has 0 fully saturated rings. The Morgan fingerprint density at radius 2 is 2.12 bits per heavy atom. The first kappa shape index (κ1) is 19.2. The number of hydrogen-bond donors (Lipinski definition) is 0. The van der Waals surface area contributed by atoms with Gasteiger partial charge in [-0.25, -0.2) is 4.98 Å². The first-order valence-corrected chi connectivity index (χ1v) is 8.47. The van der Waals surface area contributed by atoms with E-state index in [9.17, 15) is 28.1 Å². The van der Waals surface area contributed by atoms with Crippen LogP contribution in [0.4, 0.5) is 18.9 Å². The van der Waals surface area contributed by atoms with Crippen LogP contribution < -0.4 is 0 Å². The lowest BCUT2D eigenvalue weighted by Crippen LogP contribution is -2.35. The van der Waals surface area contributed by atoms with Crippen LogP contribution >= 0.6 is 23.1 Å². The highest BCUT2D eigenvalue weighted by molar-refractivity contribution is 8.01. The summed E-state index contributed by atoms with van der Waals surface area (Å²) in [5, 5.41) is 13.1. The summed E-state index contributed by atoms with van der Waals surface area (Å²) < 4.78 is 37.8. The number of alkyl halides is 3. The van der Waals surface area contributed by atoms with Crippen LogP contribution in [0.15, 0.2) is 32.8 Å². The molecule has 11 heteroatoms. The molecule has 0 aliphatic rings. The van der Waals surface area contributed by atoms with Gasteiger partial charge in [-0.2, -0.15) is 13.2 Å². The van der Waals surface area contributed by atoms with Gasteiger partial charge in [0, 0.05) is 29.8 Å². The highest BCUT2D eigenvalue weighted by Gasteiger charge is 2.32. The molecular weight excluding hydrogens is 379 g/mol. The quantitative estimate of drug-likeness (QED) is 0.565. The van der Waals surface area contributed by atoms with E-state index in [1.807, 2.05) is 0 Å². The number of halogens is 3. The molecular formula is C14H12F3N3O3S2. The van der Waals surface area contributed by atoms with Crippen LogP contribution in [0.1, 0.15) is 16.1 Å². The van der Waals surface area contributed by atoms with Gasteiger partial charge in [0.1, 0.15) is 6.54 Å². The molecule has 2 aromatic rings. The Labute approximate surface area is 148 Å². The summed E-state index contributed by atoms with van der Waals surface area (Å²) in [7, 11) is 0.989. The van der Waals surface area contributed by atoms with Crippen molar-refractivity contribution in [1.29, 1.82) is 0 Å². The number of aryl methyl sites for hydroxylation is 1. The molecule has 1 aromatic carbocycles. The van der Waals surface area contributed by atoms with Crippen molar-refractivity contribution in [2.45, 2.75) is 22.3 Å². The van der Waals surface area contributed by atoms with Crippen LogP contribution in [0, 0.1) is 17.0 Å². The van der Waals surface area contributed by atoms with E-state index in [2.05, 4.69) is 4.98 Å². The molecule has 0 unspecified atom stereocenters. The van der Waals surface area contributed by atoms with Gasteiger partial charge in [0.05, 0.1) is 9.82 Å². The fourth-order valence-electron chi connectivity index (χ4n) is 1.91. The topological polar surface area (TPSA) is 76.3 Å². The molecule has 0 N–H and O–H groups in total. The molecule has 0 saturated heterocycles. The van der Waals surface area contributed by atoms with E-state index in [0.29, 0.717) is 9.24 Å². The van der Waals surface area contributed by atoms with Crippen molar-refractivity contribution in [1.82, 2.24) is 9.88 Å². The lowest BCUT2D eigenvalue weighted by atomic mass is 10.2. The lowest BCUT2D eigenvalue weighted by Gasteiger charge is -2.19. The van der Waals surface area contributed by atoms with Crippen LogP contribution in [0.2, 0.25) is 0 Å². The minimum Gasteiger partial charge on any atom is -0.333 e. The van der Waals surface area contributed by atoms with Crippen molar-refractivity contribution in [2.24, 2.45) is 0 Å². The number of aromatic nitrogens is 1. The second kappa shape index (κ2) is 7.40. The van der Waals surface area contributed by atoms with Crippen LogP contribution in [0.25, 0.3) is 0 Å². The average Bonchev–Trinajstić information content (AvgIpc) is 2.90. The minimum atomic E-state index is -4.55. The monoisotopic (exact) mass is 391 g/mol. The van der Waals surface area contributed by atoms with E-state index < -0.39 is 23.6 Å². The number of rotatable bonds is 5. The Balaban J connectivity index is 2.29. The fraction of sp³-hybridized carbons (Fsp3) is 0.286. The van der Waals surface area contributed by atoms with Crippen molar-refractivity contribution >= 4 is 34.7 Å². The number of hydrogen-bond acceptors (Lipinski definition) is 6. The van der Waals surface area contributed by atoms with E-state index in [0.717, 1.165) is 30.6 Å². The Morgan fingerprint density at radius 1 is 1.44 bits per heavy atom. The van der Waals surface area contributed by atoms with Crippen LogP contribution in [-0.4, -0.2) is 40.5 Å². The van der Waals surface area contributed by atoms with Crippen molar-refractivity contribution in [3.05, 3.63) is 45.0 Å². The van der Waals surface area contributed by atoms with Gasteiger partial charge in [0.25, 0.3) is 11.6 Å². The van der Waals surface area contributed by atoms with E-state index in [4.69, 9.17) is 0 Å². The van der Waals surface area contributed by atoms with Crippen LogP contribution in [-0.2, 0) is 0 Å². The Hall–Kier alpha value is -2.14. The molecule has 2 rings (SSSR count). The molecule has 1 amide bonds. The van der Waals surface area contributed by atoms with Crippen molar-refractivity contribution in [3.63, 3.8) is 0 Å². The molecule has 1 heterocycles. The van der Waals surface area contributed by atoms with Gasteiger partial charge >= 0.3 is 6.18 Å². The van der Waals surface area contributed by atoms with Crippen molar-refractivity contribution in [2.75, 3.05) is 13.6 Å². The zero-order valence-corrected chi connectivity index (χ0v) is 14.7. The number of carbonyl (C=O) groups is 1. The normalized spacial score (nSPS) is 11.4. The summed E-state index contributed by atoms with van der Waals surface area (Å²) in [6.07, 6.45) is -4.55. The van der Waals surface area contributed by atoms with Gasteiger partial charge < -0.3 is 4.90 Å². The fourth-order valence-corrected chi connectivity index (χ4v) is 3.79. The maximum Gasteiger partial charge on any atom is 0.406 e. The number of carbonyl (C=O) groups excluding carboxylic acids is 1. The molecule has 0 aliphatic heterocycles. The third-order valence-electron chi connectivity index (χ3n) is 2.96. The average molecular weight is 391 g/mol. The minimum absolute atomic E-state index is 0.182. The molecule has 6 nitrogen and oxygen atoms in total. The Kier molecular flexibility index (Phi) is 5.68. The highest BCUT2D eigenvalue weighted by atomic mass is 32.2. The first-order valence-electron chi connectivity index (χ1n) is 6.77. The molecule has 134 valence electrons. The largest absolute Gasteiger partial charge is 0.406 e. The van der Waals surface area contributed by atoms with E-state index in [-0.39, 0.29) is 16.1 Å². The zero-order valence-electron chi connectivity index (χ0n) is 13.0. The zero-order chi connectivity index (χ0) is 18.8. The second-order valence-corrected chi connectivity index (χ2v) is 7.22. The third-order valence-corrected chi connectivity index (χ3v) is 5.08. The molecule has 0 aliphatic carbocycles. The predicted molar refractivity (Wildman–Crippen MR) is 87.1 cm³/mol. The third kappa shape index (κ3) is 5.16. The van der Waals surface area contributed by atoms with Gasteiger partial charge in [-0.1, -0.05) is 11.8 Å². The van der Waals surface area contributed by atoms with Crippen molar-refractivity contribution < 1.29 is 22.9 Å². The van der Waals surface area contributed by atoms with Gasteiger partial charge in [0.15, 0.2) is 4.34 Å².